The molecule has 1 aliphatic rings. The summed E-state index contributed by atoms with van der Waals surface area (Å²) < 4.78 is 13.8. The number of aromatic nitrogens is 2. The topological polar surface area (TPSA) is 73.7 Å². The Bertz CT molecular complexity index is 1490. The number of para-hydroxylation sites is 1. The van der Waals surface area contributed by atoms with Crippen LogP contribution in [0, 0.1) is 12.8 Å². The normalized spacial score (nSPS) is 15.5. The Kier molecular flexibility index (Phi) is 6.06. The van der Waals surface area contributed by atoms with Crippen molar-refractivity contribution in [3.8, 4) is 28.5 Å². The average Bonchev–Trinajstić information content (AvgIpc) is 3.36. The SMILES string of the molecule is C=CCC1CC(=O)N(c2cc(-c3cn(C)c4c(OC)nccc34)c(Oc3ccccc3)cc2C)C1=O. The fraction of sp³-hybridized carbons (Fsp3) is 0.207. The Balaban J connectivity index is 1.72. The van der Waals surface area contributed by atoms with Gasteiger partial charge in [-0.05, 0) is 49.2 Å². The van der Waals surface area contributed by atoms with Crippen LogP contribution in [0.3, 0.4) is 0 Å². The van der Waals surface area contributed by atoms with Gasteiger partial charge in [0, 0.05) is 42.4 Å². The van der Waals surface area contributed by atoms with Crippen LogP contribution in [0.1, 0.15) is 18.4 Å². The number of carbonyl (C=O) groups excluding carboxylic acids is 2. The summed E-state index contributed by atoms with van der Waals surface area (Å²) in [6, 6.07) is 15.2. The number of amides is 2. The Morgan fingerprint density at radius 1 is 1.14 bits per heavy atom. The molecule has 0 N–H and O–H groups in total. The first-order chi connectivity index (χ1) is 17.4. The number of pyridine rings is 1. The quantitative estimate of drug-likeness (QED) is 0.246. The molecule has 1 atom stereocenters. The van der Waals surface area contributed by atoms with E-state index in [0.717, 1.165) is 27.6 Å². The molecule has 1 unspecified atom stereocenters. The monoisotopic (exact) mass is 481 g/mol. The van der Waals surface area contributed by atoms with Crippen molar-refractivity contribution in [2.24, 2.45) is 13.0 Å². The largest absolute Gasteiger partial charge is 0.479 e. The maximum absolute atomic E-state index is 13.2. The van der Waals surface area contributed by atoms with Crippen molar-refractivity contribution in [2.75, 3.05) is 12.0 Å². The lowest BCUT2D eigenvalue weighted by molar-refractivity contribution is -0.122. The van der Waals surface area contributed by atoms with Crippen molar-refractivity contribution < 1.29 is 19.1 Å². The standard InChI is InChI=1S/C29H27N3O4/c1-5-9-19-15-26(33)32(29(19)34)24-16-22(25(14-18(24)2)36-20-10-7-6-8-11-20)23-17-31(3)27-21(23)12-13-30-28(27)35-4/h5-8,10-14,16-17,19H,1,9,15H2,2-4H3. The van der Waals surface area contributed by atoms with Crippen molar-refractivity contribution in [3.63, 3.8) is 0 Å². The van der Waals surface area contributed by atoms with Crippen molar-refractivity contribution in [2.45, 2.75) is 19.8 Å². The van der Waals surface area contributed by atoms with Crippen LogP contribution in [-0.2, 0) is 16.6 Å². The summed E-state index contributed by atoms with van der Waals surface area (Å²) >= 11 is 0. The fourth-order valence-electron chi connectivity index (χ4n) is 4.84. The van der Waals surface area contributed by atoms with Gasteiger partial charge in [0.2, 0.25) is 17.7 Å². The van der Waals surface area contributed by atoms with Crippen molar-refractivity contribution in [3.05, 3.63) is 79.1 Å². The molecule has 1 saturated heterocycles. The first-order valence-corrected chi connectivity index (χ1v) is 11.8. The molecule has 0 bridgehead atoms. The summed E-state index contributed by atoms with van der Waals surface area (Å²) in [7, 11) is 3.52. The van der Waals surface area contributed by atoms with Gasteiger partial charge in [-0.1, -0.05) is 24.3 Å². The smallest absolute Gasteiger partial charge is 0.238 e. The van der Waals surface area contributed by atoms with E-state index in [9.17, 15) is 9.59 Å². The fourth-order valence-corrected chi connectivity index (χ4v) is 4.84. The van der Waals surface area contributed by atoms with Crippen LogP contribution < -0.4 is 14.4 Å². The van der Waals surface area contributed by atoms with Gasteiger partial charge in [0.05, 0.1) is 18.7 Å². The zero-order chi connectivity index (χ0) is 25.4. The Morgan fingerprint density at radius 3 is 2.64 bits per heavy atom. The number of aryl methyl sites for hydroxylation is 2. The van der Waals surface area contributed by atoms with E-state index in [-0.39, 0.29) is 24.2 Å². The second kappa shape index (κ2) is 9.34. The number of carbonyl (C=O) groups is 2. The number of hydrogen-bond acceptors (Lipinski definition) is 5. The number of benzene rings is 2. The van der Waals surface area contributed by atoms with Gasteiger partial charge in [-0.3, -0.25) is 14.5 Å². The van der Waals surface area contributed by atoms with Gasteiger partial charge in [0.1, 0.15) is 17.0 Å². The lowest BCUT2D eigenvalue weighted by atomic mass is 10.00. The molecule has 1 fully saturated rings. The molecule has 4 aromatic rings. The number of anilines is 1. The Morgan fingerprint density at radius 2 is 1.92 bits per heavy atom. The van der Waals surface area contributed by atoms with Crippen molar-refractivity contribution in [1.29, 1.82) is 0 Å². The third-order valence-corrected chi connectivity index (χ3v) is 6.54. The van der Waals surface area contributed by atoms with E-state index in [1.807, 2.05) is 73.3 Å². The molecule has 3 heterocycles. The first-order valence-electron chi connectivity index (χ1n) is 11.8. The van der Waals surface area contributed by atoms with Gasteiger partial charge in [-0.2, -0.15) is 0 Å². The predicted molar refractivity (Wildman–Crippen MR) is 139 cm³/mol. The second-order valence-electron chi connectivity index (χ2n) is 8.91. The molecule has 7 heteroatoms. The number of hydrogen-bond donors (Lipinski definition) is 0. The lowest BCUT2D eigenvalue weighted by Crippen LogP contribution is -2.31. The van der Waals surface area contributed by atoms with Gasteiger partial charge < -0.3 is 14.0 Å². The summed E-state index contributed by atoms with van der Waals surface area (Å²) in [6.07, 6.45) is 6.02. The van der Waals surface area contributed by atoms with E-state index in [4.69, 9.17) is 9.47 Å². The van der Waals surface area contributed by atoms with Gasteiger partial charge in [0.25, 0.3) is 0 Å². The molecule has 0 radical (unpaired) electrons. The van der Waals surface area contributed by atoms with Crippen LogP contribution in [0.15, 0.2) is 73.6 Å². The summed E-state index contributed by atoms with van der Waals surface area (Å²) in [6.45, 7) is 5.62. The first kappa shape index (κ1) is 23.4. The average molecular weight is 482 g/mol. The van der Waals surface area contributed by atoms with Crippen molar-refractivity contribution >= 4 is 28.4 Å². The minimum atomic E-state index is -0.383. The highest BCUT2D eigenvalue weighted by atomic mass is 16.5. The highest BCUT2D eigenvalue weighted by molar-refractivity contribution is 6.21. The lowest BCUT2D eigenvalue weighted by Gasteiger charge is -2.21. The molecular formula is C29H27N3O4. The van der Waals surface area contributed by atoms with Gasteiger partial charge in [-0.15, -0.1) is 6.58 Å². The van der Waals surface area contributed by atoms with Crippen LogP contribution in [0.2, 0.25) is 0 Å². The highest BCUT2D eigenvalue weighted by Gasteiger charge is 2.39. The second-order valence-corrected chi connectivity index (χ2v) is 8.91. The molecule has 182 valence electrons. The van der Waals surface area contributed by atoms with E-state index in [1.54, 1.807) is 19.4 Å². The minimum absolute atomic E-state index is 0.180. The van der Waals surface area contributed by atoms with E-state index in [0.29, 0.717) is 29.5 Å². The van der Waals surface area contributed by atoms with Crippen molar-refractivity contribution in [1.82, 2.24) is 9.55 Å². The summed E-state index contributed by atoms with van der Waals surface area (Å²) in [5.74, 6) is 1.02. The third-order valence-electron chi connectivity index (χ3n) is 6.54. The number of nitrogens with zero attached hydrogens (tertiary/aromatic N) is 3. The zero-order valence-electron chi connectivity index (χ0n) is 20.5. The molecule has 1 aliphatic heterocycles. The summed E-state index contributed by atoms with van der Waals surface area (Å²) in [5.41, 5.74) is 3.80. The number of methoxy groups -OCH3 is 1. The molecule has 0 aliphatic carbocycles. The number of fused-ring (bicyclic) bond motifs is 1. The third kappa shape index (κ3) is 3.92. The van der Waals surface area contributed by atoms with Gasteiger partial charge in [0.15, 0.2) is 0 Å². The minimum Gasteiger partial charge on any atom is -0.479 e. The Hall–Kier alpha value is -4.39. The summed E-state index contributed by atoms with van der Waals surface area (Å²) in [5, 5.41) is 0.917. The van der Waals surface area contributed by atoms with Gasteiger partial charge in [-0.25, -0.2) is 4.98 Å². The van der Waals surface area contributed by atoms with Crippen LogP contribution >= 0.6 is 0 Å². The maximum atomic E-state index is 13.2. The van der Waals surface area contributed by atoms with Crippen LogP contribution in [0.25, 0.3) is 22.0 Å². The molecule has 7 nitrogen and oxygen atoms in total. The van der Waals surface area contributed by atoms with Crippen LogP contribution in [-0.4, -0.2) is 28.5 Å². The zero-order valence-corrected chi connectivity index (χ0v) is 20.5. The molecule has 0 saturated carbocycles. The van der Waals surface area contributed by atoms with E-state index < -0.39 is 0 Å². The number of ether oxygens (including phenoxy) is 2. The predicted octanol–water partition coefficient (Wildman–Crippen LogP) is 5.81. The van der Waals surface area contributed by atoms with Crippen LogP contribution in [0.4, 0.5) is 5.69 Å². The number of allylic oxidation sites excluding steroid dienone is 1. The number of imide groups is 1. The molecule has 36 heavy (non-hydrogen) atoms. The molecule has 0 spiro atoms. The maximum Gasteiger partial charge on any atom is 0.238 e. The molecule has 2 amide bonds. The number of rotatable bonds is 7. The Labute approximate surface area is 209 Å². The highest BCUT2D eigenvalue weighted by Crippen LogP contribution is 2.44. The van der Waals surface area contributed by atoms with E-state index >= 15 is 0 Å². The molecule has 2 aromatic carbocycles. The van der Waals surface area contributed by atoms with Gasteiger partial charge >= 0.3 is 0 Å². The molecule has 5 rings (SSSR count). The van der Waals surface area contributed by atoms with E-state index in [2.05, 4.69) is 11.6 Å². The van der Waals surface area contributed by atoms with E-state index in [1.165, 1.54) is 4.90 Å². The summed E-state index contributed by atoms with van der Waals surface area (Å²) in [4.78, 5) is 31.8. The van der Waals surface area contributed by atoms with Crippen LogP contribution in [0.5, 0.6) is 17.4 Å². The molecular weight excluding hydrogens is 454 g/mol. The molecule has 2 aromatic heterocycles.